The molecule has 21 heavy (non-hydrogen) atoms. The highest BCUT2D eigenvalue weighted by atomic mass is 15.3. The van der Waals surface area contributed by atoms with Gasteiger partial charge in [0, 0.05) is 37.3 Å². The van der Waals surface area contributed by atoms with E-state index in [0.29, 0.717) is 18.1 Å². The first-order valence-electron chi connectivity index (χ1n) is 8.30. The second-order valence-corrected chi connectivity index (χ2v) is 6.50. The molecule has 0 aromatic carbocycles. The van der Waals surface area contributed by atoms with Crippen molar-refractivity contribution in [3.8, 4) is 0 Å². The van der Waals surface area contributed by atoms with E-state index in [2.05, 4.69) is 47.3 Å². The largest absolute Gasteiger partial charge is 0.354 e. The zero-order valence-electron chi connectivity index (χ0n) is 13.4. The van der Waals surface area contributed by atoms with Crippen molar-refractivity contribution < 1.29 is 0 Å². The number of aryl methyl sites for hydroxylation is 1. The van der Waals surface area contributed by atoms with Gasteiger partial charge in [-0.05, 0) is 52.0 Å². The molecule has 2 aliphatic rings. The van der Waals surface area contributed by atoms with Crippen molar-refractivity contribution in [1.82, 2.24) is 20.4 Å². The predicted molar refractivity (Wildman–Crippen MR) is 85.7 cm³/mol. The molecule has 5 heteroatoms. The molecular formula is C16H27N5. The van der Waals surface area contributed by atoms with Gasteiger partial charge in [-0.2, -0.15) is 5.10 Å². The maximum Gasteiger partial charge on any atom is 0.191 e. The van der Waals surface area contributed by atoms with Gasteiger partial charge in [0.15, 0.2) is 5.96 Å². The van der Waals surface area contributed by atoms with Crippen molar-refractivity contribution in [3.63, 3.8) is 0 Å². The van der Waals surface area contributed by atoms with Crippen LogP contribution in [0.5, 0.6) is 0 Å². The number of guanidine groups is 1. The fourth-order valence-corrected chi connectivity index (χ4v) is 2.81. The number of rotatable bonds is 4. The summed E-state index contributed by atoms with van der Waals surface area (Å²) >= 11 is 0. The number of nitrogens with one attached hydrogen (secondary N) is 2. The number of nitrogens with zero attached hydrogens (tertiary/aromatic N) is 3. The van der Waals surface area contributed by atoms with Gasteiger partial charge in [0.1, 0.15) is 0 Å². The maximum atomic E-state index is 4.74. The lowest BCUT2D eigenvalue weighted by Gasteiger charge is -2.24. The zero-order valence-corrected chi connectivity index (χ0v) is 13.4. The lowest BCUT2D eigenvalue weighted by atomic mass is 9.94. The van der Waals surface area contributed by atoms with Gasteiger partial charge in [-0.15, -0.1) is 0 Å². The summed E-state index contributed by atoms with van der Waals surface area (Å²) in [6.07, 6.45) is 8.05. The summed E-state index contributed by atoms with van der Waals surface area (Å²) in [7, 11) is 0. The molecule has 1 heterocycles. The third-order valence-electron chi connectivity index (χ3n) is 4.20. The predicted octanol–water partition coefficient (Wildman–Crippen LogP) is 2.04. The molecule has 0 radical (unpaired) electrons. The number of aromatic nitrogens is 2. The number of hydrogen-bond donors (Lipinski definition) is 2. The Morgan fingerprint density at radius 3 is 2.76 bits per heavy atom. The van der Waals surface area contributed by atoms with E-state index in [9.17, 15) is 0 Å². The second kappa shape index (κ2) is 6.08. The van der Waals surface area contributed by atoms with Gasteiger partial charge in [-0.3, -0.25) is 9.67 Å². The van der Waals surface area contributed by atoms with E-state index >= 15 is 0 Å². The van der Waals surface area contributed by atoms with Crippen molar-refractivity contribution in [1.29, 1.82) is 0 Å². The second-order valence-electron chi connectivity index (χ2n) is 6.50. The zero-order chi connectivity index (χ0) is 14.8. The van der Waals surface area contributed by atoms with Crippen molar-refractivity contribution in [3.05, 3.63) is 17.5 Å². The Morgan fingerprint density at radius 2 is 2.10 bits per heavy atom. The molecule has 1 unspecified atom stereocenters. The number of aliphatic imine (C=N–C) groups is 1. The van der Waals surface area contributed by atoms with E-state index < -0.39 is 0 Å². The molecule has 0 saturated heterocycles. The number of hydrogen-bond acceptors (Lipinski definition) is 2. The average Bonchev–Trinajstić information content (AvgIpc) is 3.15. The van der Waals surface area contributed by atoms with Crippen LogP contribution in [-0.4, -0.2) is 34.4 Å². The first-order valence-corrected chi connectivity index (χ1v) is 8.30. The highest BCUT2D eigenvalue weighted by Crippen LogP contribution is 2.22. The molecule has 0 amide bonds. The Morgan fingerprint density at radius 1 is 1.33 bits per heavy atom. The molecule has 5 nitrogen and oxygen atoms in total. The van der Waals surface area contributed by atoms with E-state index in [1.807, 2.05) is 0 Å². The molecule has 1 saturated carbocycles. The molecule has 0 bridgehead atoms. The van der Waals surface area contributed by atoms with Crippen LogP contribution in [0.25, 0.3) is 0 Å². The lowest BCUT2D eigenvalue weighted by Crippen LogP contribution is -2.46. The first-order chi connectivity index (χ1) is 10.2. The lowest BCUT2D eigenvalue weighted by molar-refractivity contribution is 0.499. The van der Waals surface area contributed by atoms with Gasteiger partial charge in [0.2, 0.25) is 0 Å². The van der Waals surface area contributed by atoms with Gasteiger partial charge in [-0.25, -0.2) is 0 Å². The molecule has 1 fully saturated rings. The van der Waals surface area contributed by atoms with Crippen LogP contribution >= 0.6 is 0 Å². The monoisotopic (exact) mass is 289 g/mol. The summed E-state index contributed by atoms with van der Waals surface area (Å²) in [6.45, 7) is 7.26. The van der Waals surface area contributed by atoms with Crippen LogP contribution in [0.4, 0.5) is 0 Å². The first kappa shape index (κ1) is 14.4. The molecule has 0 spiro atoms. The molecule has 1 aromatic heterocycles. The van der Waals surface area contributed by atoms with E-state index in [1.54, 1.807) is 0 Å². The van der Waals surface area contributed by atoms with Crippen LogP contribution in [0.15, 0.2) is 11.2 Å². The minimum Gasteiger partial charge on any atom is -0.354 e. The summed E-state index contributed by atoms with van der Waals surface area (Å²) in [5.41, 5.74) is 2.68. The third-order valence-corrected chi connectivity index (χ3v) is 4.20. The summed E-state index contributed by atoms with van der Waals surface area (Å²) in [5, 5.41) is 11.8. The molecule has 0 aliphatic heterocycles. The SMILES string of the molecule is CCN=C(NC1CC1)NC1CCc2cn(C(C)C)nc2C1. The normalized spacial score (nSPS) is 22.3. The Kier molecular flexibility index (Phi) is 4.17. The maximum absolute atomic E-state index is 4.74. The third kappa shape index (κ3) is 3.57. The summed E-state index contributed by atoms with van der Waals surface area (Å²) < 4.78 is 2.09. The van der Waals surface area contributed by atoms with Crippen molar-refractivity contribution in [2.45, 2.75) is 71.0 Å². The smallest absolute Gasteiger partial charge is 0.191 e. The van der Waals surface area contributed by atoms with Crippen molar-refractivity contribution >= 4 is 5.96 Å². The average molecular weight is 289 g/mol. The van der Waals surface area contributed by atoms with Gasteiger partial charge >= 0.3 is 0 Å². The quantitative estimate of drug-likeness (QED) is 0.659. The van der Waals surface area contributed by atoms with Crippen LogP contribution in [0.3, 0.4) is 0 Å². The van der Waals surface area contributed by atoms with Crippen molar-refractivity contribution in [2.24, 2.45) is 4.99 Å². The van der Waals surface area contributed by atoms with Gasteiger partial charge in [0.05, 0.1) is 5.69 Å². The molecule has 3 rings (SSSR count). The fraction of sp³-hybridized carbons (Fsp3) is 0.750. The molecule has 116 valence electrons. The molecule has 2 N–H and O–H groups in total. The Labute approximate surface area is 127 Å². The van der Waals surface area contributed by atoms with E-state index in [1.165, 1.54) is 24.1 Å². The van der Waals surface area contributed by atoms with Gasteiger partial charge in [0.25, 0.3) is 0 Å². The van der Waals surface area contributed by atoms with E-state index in [4.69, 9.17) is 5.10 Å². The Bertz CT molecular complexity index is 513. The van der Waals surface area contributed by atoms with E-state index in [0.717, 1.165) is 31.8 Å². The molecular weight excluding hydrogens is 262 g/mol. The van der Waals surface area contributed by atoms with Crippen LogP contribution in [-0.2, 0) is 12.8 Å². The topological polar surface area (TPSA) is 54.2 Å². The molecule has 2 aliphatic carbocycles. The molecule has 1 aromatic rings. The van der Waals surface area contributed by atoms with Crippen LogP contribution in [0.1, 0.15) is 57.3 Å². The molecule has 1 atom stereocenters. The van der Waals surface area contributed by atoms with E-state index in [-0.39, 0.29) is 0 Å². The van der Waals surface area contributed by atoms with Gasteiger partial charge in [-0.1, -0.05) is 0 Å². The van der Waals surface area contributed by atoms with Crippen LogP contribution < -0.4 is 10.6 Å². The minimum absolute atomic E-state index is 0.441. The highest BCUT2D eigenvalue weighted by molar-refractivity contribution is 5.80. The summed E-state index contributed by atoms with van der Waals surface area (Å²) in [5.74, 6) is 0.983. The van der Waals surface area contributed by atoms with Gasteiger partial charge < -0.3 is 10.6 Å². The van der Waals surface area contributed by atoms with Crippen molar-refractivity contribution in [2.75, 3.05) is 6.54 Å². The van der Waals surface area contributed by atoms with Crippen LogP contribution in [0.2, 0.25) is 0 Å². The Hall–Kier alpha value is -1.52. The standard InChI is InChI=1S/C16H27N5/c1-4-17-16(18-13-7-8-13)19-14-6-5-12-10-21(11(2)3)20-15(12)9-14/h10-11,13-14H,4-9H2,1-3H3,(H2,17,18,19). The highest BCUT2D eigenvalue weighted by Gasteiger charge is 2.26. The Balaban J connectivity index is 1.63. The fourth-order valence-electron chi connectivity index (χ4n) is 2.81. The van der Waals surface area contributed by atoms with Crippen LogP contribution in [0, 0.1) is 0 Å². The number of fused-ring (bicyclic) bond motifs is 1. The summed E-state index contributed by atoms with van der Waals surface area (Å²) in [4.78, 5) is 4.56. The minimum atomic E-state index is 0.441. The summed E-state index contributed by atoms with van der Waals surface area (Å²) in [6, 6.07) is 1.53.